The van der Waals surface area contributed by atoms with Crippen molar-refractivity contribution in [2.24, 2.45) is 0 Å². The van der Waals surface area contributed by atoms with Crippen molar-refractivity contribution in [3.05, 3.63) is 64.7 Å². The second-order valence-electron chi connectivity index (χ2n) is 6.33. The summed E-state index contributed by atoms with van der Waals surface area (Å²) in [6, 6.07) is 13.6. The summed E-state index contributed by atoms with van der Waals surface area (Å²) < 4.78 is 0. The number of fused-ring (bicyclic) bond motifs is 1. The molecule has 0 atom stereocenters. The fourth-order valence-electron chi connectivity index (χ4n) is 3.05. The molecule has 0 fully saturated rings. The van der Waals surface area contributed by atoms with Gasteiger partial charge in [-0.2, -0.15) is 0 Å². The predicted octanol–water partition coefficient (Wildman–Crippen LogP) is 5.59. The number of hydrogen-bond acceptors (Lipinski definition) is 1. The standard InChI is InChI=1S/C20H23N/c1-14(2)17-7-8-20-18(13-17)6-5-9-21(20)19-11-15(3)10-16(4)12-19/h5-8,10-14H,9H2,1-4H3. The van der Waals surface area contributed by atoms with Crippen LogP contribution in [0.15, 0.2) is 42.5 Å². The summed E-state index contributed by atoms with van der Waals surface area (Å²) in [5.74, 6) is 0.570. The fourth-order valence-corrected chi connectivity index (χ4v) is 3.05. The van der Waals surface area contributed by atoms with E-state index in [-0.39, 0.29) is 0 Å². The second kappa shape index (κ2) is 5.40. The Morgan fingerprint density at radius 3 is 2.33 bits per heavy atom. The van der Waals surface area contributed by atoms with E-state index < -0.39 is 0 Å². The number of anilines is 2. The van der Waals surface area contributed by atoms with Crippen LogP contribution in [0.4, 0.5) is 11.4 Å². The fraction of sp³-hybridized carbons (Fsp3) is 0.300. The van der Waals surface area contributed by atoms with Gasteiger partial charge in [0.1, 0.15) is 0 Å². The van der Waals surface area contributed by atoms with Crippen LogP contribution in [0.2, 0.25) is 0 Å². The minimum atomic E-state index is 0.570. The first kappa shape index (κ1) is 13.9. The van der Waals surface area contributed by atoms with Crippen molar-refractivity contribution in [3.63, 3.8) is 0 Å². The quantitative estimate of drug-likeness (QED) is 0.691. The highest BCUT2D eigenvalue weighted by Gasteiger charge is 2.16. The molecule has 0 aliphatic carbocycles. The summed E-state index contributed by atoms with van der Waals surface area (Å²) in [5.41, 5.74) is 7.97. The summed E-state index contributed by atoms with van der Waals surface area (Å²) in [6.45, 7) is 9.76. The average Bonchev–Trinajstić information content (AvgIpc) is 2.45. The molecule has 0 amide bonds. The number of rotatable bonds is 2. The van der Waals surface area contributed by atoms with E-state index in [1.807, 2.05) is 0 Å². The third-order valence-electron chi connectivity index (χ3n) is 4.11. The maximum atomic E-state index is 2.40. The summed E-state index contributed by atoms with van der Waals surface area (Å²) in [4.78, 5) is 2.40. The van der Waals surface area contributed by atoms with Gasteiger partial charge in [0.05, 0.1) is 0 Å². The van der Waals surface area contributed by atoms with Gasteiger partial charge in [0.15, 0.2) is 0 Å². The van der Waals surface area contributed by atoms with E-state index >= 15 is 0 Å². The molecule has 108 valence electrons. The third-order valence-corrected chi connectivity index (χ3v) is 4.11. The monoisotopic (exact) mass is 277 g/mol. The number of benzene rings is 2. The molecule has 0 aromatic heterocycles. The van der Waals surface area contributed by atoms with E-state index in [0.29, 0.717) is 5.92 Å². The largest absolute Gasteiger partial charge is 0.337 e. The van der Waals surface area contributed by atoms with E-state index in [2.05, 4.69) is 81.1 Å². The summed E-state index contributed by atoms with van der Waals surface area (Å²) in [6.07, 6.45) is 4.50. The van der Waals surface area contributed by atoms with Gasteiger partial charge in [-0.1, -0.05) is 38.1 Å². The van der Waals surface area contributed by atoms with E-state index in [1.165, 1.54) is 33.6 Å². The van der Waals surface area contributed by atoms with Crippen LogP contribution < -0.4 is 4.90 Å². The molecule has 0 spiro atoms. The molecule has 21 heavy (non-hydrogen) atoms. The molecule has 0 radical (unpaired) electrons. The van der Waals surface area contributed by atoms with Gasteiger partial charge in [0.25, 0.3) is 0 Å². The van der Waals surface area contributed by atoms with E-state index in [4.69, 9.17) is 0 Å². The lowest BCUT2D eigenvalue weighted by molar-refractivity contribution is 0.865. The van der Waals surface area contributed by atoms with E-state index in [9.17, 15) is 0 Å². The maximum Gasteiger partial charge on any atom is 0.0487 e. The lowest BCUT2D eigenvalue weighted by atomic mass is 9.97. The average molecular weight is 277 g/mol. The lowest BCUT2D eigenvalue weighted by Crippen LogP contribution is -2.20. The minimum Gasteiger partial charge on any atom is -0.337 e. The van der Waals surface area contributed by atoms with Gasteiger partial charge < -0.3 is 4.90 Å². The molecular formula is C20H23N. The molecule has 0 N–H and O–H groups in total. The van der Waals surface area contributed by atoms with Crippen LogP contribution in [0.25, 0.3) is 6.08 Å². The Hall–Kier alpha value is -2.02. The normalized spacial score (nSPS) is 13.7. The summed E-state index contributed by atoms with van der Waals surface area (Å²) in [7, 11) is 0. The molecular weight excluding hydrogens is 254 g/mol. The van der Waals surface area contributed by atoms with Crippen LogP contribution in [0, 0.1) is 13.8 Å². The SMILES string of the molecule is Cc1cc(C)cc(N2CC=Cc3cc(C(C)C)ccc32)c1. The number of aryl methyl sites for hydroxylation is 2. The van der Waals surface area contributed by atoms with Crippen molar-refractivity contribution in [1.29, 1.82) is 0 Å². The summed E-state index contributed by atoms with van der Waals surface area (Å²) in [5, 5.41) is 0. The van der Waals surface area contributed by atoms with Gasteiger partial charge >= 0.3 is 0 Å². The van der Waals surface area contributed by atoms with Gasteiger partial charge in [-0.25, -0.2) is 0 Å². The van der Waals surface area contributed by atoms with Gasteiger partial charge in [-0.05, 0) is 66.3 Å². The van der Waals surface area contributed by atoms with Gasteiger partial charge in [-0.3, -0.25) is 0 Å². The first-order chi connectivity index (χ1) is 10.0. The Balaban J connectivity index is 2.06. The van der Waals surface area contributed by atoms with Crippen molar-refractivity contribution in [3.8, 4) is 0 Å². The van der Waals surface area contributed by atoms with Crippen molar-refractivity contribution < 1.29 is 0 Å². The molecule has 0 saturated heterocycles. The zero-order chi connectivity index (χ0) is 15.0. The zero-order valence-electron chi connectivity index (χ0n) is 13.4. The smallest absolute Gasteiger partial charge is 0.0487 e. The Bertz CT molecular complexity index is 675. The second-order valence-corrected chi connectivity index (χ2v) is 6.33. The van der Waals surface area contributed by atoms with Crippen LogP contribution in [-0.2, 0) is 0 Å². The first-order valence-corrected chi connectivity index (χ1v) is 7.71. The Labute approximate surface area is 127 Å². The molecule has 1 nitrogen and oxygen atoms in total. The lowest BCUT2D eigenvalue weighted by Gasteiger charge is -2.29. The van der Waals surface area contributed by atoms with Gasteiger partial charge in [-0.15, -0.1) is 0 Å². The Morgan fingerprint density at radius 2 is 1.67 bits per heavy atom. The molecule has 1 aliphatic rings. The van der Waals surface area contributed by atoms with Gasteiger partial charge in [0, 0.05) is 17.9 Å². The molecule has 2 aromatic carbocycles. The highest BCUT2D eigenvalue weighted by atomic mass is 15.1. The molecule has 2 aromatic rings. The van der Waals surface area contributed by atoms with Crippen molar-refractivity contribution in [2.75, 3.05) is 11.4 Å². The molecule has 1 aliphatic heterocycles. The van der Waals surface area contributed by atoms with Crippen LogP contribution >= 0.6 is 0 Å². The molecule has 3 rings (SSSR count). The first-order valence-electron chi connectivity index (χ1n) is 7.71. The van der Waals surface area contributed by atoms with E-state index in [0.717, 1.165) is 6.54 Å². The summed E-state index contributed by atoms with van der Waals surface area (Å²) >= 11 is 0. The highest BCUT2D eigenvalue weighted by molar-refractivity contribution is 5.78. The maximum absolute atomic E-state index is 2.40. The Kier molecular flexibility index (Phi) is 3.59. The van der Waals surface area contributed by atoms with Gasteiger partial charge in [0.2, 0.25) is 0 Å². The van der Waals surface area contributed by atoms with E-state index in [1.54, 1.807) is 0 Å². The molecule has 0 bridgehead atoms. The topological polar surface area (TPSA) is 3.24 Å². The van der Waals surface area contributed by atoms with Crippen LogP contribution in [-0.4, -0.2) is 6.54 Å². The molecule has 0 saturated carbocycles. The Morgan fingerprint density at radius 1 is 0.952 bits per heavy atom. The van der Waals surface area contributed by atoms with Crippen LogP contribution in [0.3, 0.4) is 0 Å². The highest BCUT2D eigenvalue weighted by Crippen LogP contribution is 2.35. The molecule has 1 heteroatoms. The van der Waals surface area contributed by atoms with Crippen molar-refractivity contribution in [2.45, 2.75) is 33.6 Å². The number of nitrogens with zero attached hydrogens (tertiary/aromatic N) is 1. The third kappa shape index (κ3) is 2.73. The number of hydrogen-bond donors (Lipinski definition) is 0. The molecule has 1 heterocycles. The zero-order valence-corrected chi connectivity index (χ0v) is 13.4. The minimum absolute atomic E-state index is 0.570. The van der Waals surface area contributed by atoms with Crippen molar-refractivity contribution >= 4 is 17.5 Å². The molecule has 0 unspecified atom stereocenters. The predicted molar refractivity (Wildman–Crippen MR) is 92.5 cm³/mol. The van der Waals surface area contributed by atoms with Crippen molar-refractivity contribution in [1.82, 2.24) is 0 Å². The van der Waals surface area contributed by atoms with Crippen LogP contribution in [0.1, 0.15) is 42.0 Å². The van der Waals surface area contributed by atoms with Crippen LogP contribution in [0.5, 0.6) is 0 Å².